The second-order valence-electron chi connectivity index (χ2n) is 5.53. The number of rotatable bonds is 6. The predicted octanol–water partition coefficient (Wildman–Crippen LogP) is -1.23. The lowest BCUT2D eigenvalue weighted by atomic mass is 10.2. The molecule has 0 radical (unpaired) electrons. The molecule has 1 aromatic carbocycles. The Morgan fingerprint density at radius 1 is 1.04 bits per heavy atom. The average Bonchev–Trinajstić information content (AvgIpc) is 2.65. The Labute approximate surface area is 153 Å². The summed E-state index contributed by atoms with van der Waals surface area (Å²) in [5.41, 5.74) is 3.55. The van der Waals surface area contributed by atoms with E-state index < -0.39 is 42.2 Å². The Balaban J connectivity index is 2.03. The fourth-order valence-corrected chi connectivity index (χ4v) is 2.12. The van der Waals surface area contributed by atoms with Crippen LogP contribution in [0.25, 0.3) is 0 Å². The van der Waals surface area contributed by atoms with Crippen molar-refractivity contribution in [3.63, 3.8) is 0 Å². The number of esters is 1. The van der Waals surface area contributed by atoms with E-state index in [1.807, 2.05) is 41.2 Å². The van der Waals surface area contributed by atoms with Gasteiger partial charge >= 0.3 is 11.7 Å². The van der Waals surface area contributed by atoms with Gasteiger partial charge in [-0.2, -0.15) is 0 Å². The number of amides is 2. The van der Waals surface area contributed by atoms with Gasteiger partial charge in [0.1, 0.15) is 6.54 Å². The van der Waals surface area contributed by atoms with Crippen molar-refractivity contribution in [2.45, 2.75) is 20.0 Å². The van der Waals surface area contributed by atoms with E-state index in [9.17, 15) is 24.0 Å². The summed E-state index contributed by atoms with van der Waals surface area (Å²) in [5, 5.41) is 0. The summed E-state index contributed by atoms with van der Waals surface area (Å²) >= 11 is 0. The Morgan fingerprint density at radius 3 is 2.41 bits per heavy atom. The standard InChI is InChI=1S/C17H18N4O6/c1-12(22)18-19-14(23)11-27-16(25)10-21-15(24)7-8-20(17(21)26)9-13-5-3-2-4-6-13/h2-8H,9-11H2,1H3,(H,18,22)(H,19,23). The van der Waals surface area contributed by atoms with E-state index >= 15 is 0 Å². The molecule has 0 aliphatic carbocycles. The topological polar surface area (TPSA) is 128 Å². The number of hydrogen-bond donors (Lipinski definition) is 2. The maximum atomic E-state index is 12.4. The molecule has 2 aromatic rings. The Morgan fingerprint density at radius 2 is 1.74 bits per heavy atom. The molecule has 10 nitrogen and oxygen atoms in total. The molecule has 10 heteroatoms. The van der Waals surface area contributed by atoms with Crippen molar-refractivity contribution in [1.29, 1.82) is 0 Å². The Bertz CT molecular complexity index is 948. The van der Waals surface area contributed by atoms with Crippen molar-refractivity contribution in [3.05, 3.63) is 69.0 Å². The van der Waals surface area contributed by atoms with E-state index in [0.717, 1.165) is 10.1 Å². The van der Waals surface area contributed by atoms with Gasteiger partial charge in [-0.25, -0.2) is 9.36 Å². The van der Waals surface area contributed by atoms with E-state index in [1.54, 1.807) is 0 Å². The molecule has 2 amide bonds. The average molecular weight is 374 g/mol. The molecule has 1 heterocycles. The number of hydrazine groups is 1. The third-order valence-electron chi connectivity index (χ3n) is 3.36. The summed E-state index contributed by atoms with van der Waals surface area (Å²) in [6.45, 7) is 0.113. The molecule has 2 rings (SSSR count). The molecule has 0 fully saturated rings. The molecule has 27 heavy (non-hydrogen) atoms. The van der Waals surface area contributed by atoms with Gasteiger partial charge in [0.15, 0.2) is 6.61 Å². The Hall–Kier alpha value is -3.69. The molecule has 0 saturated carbocycles. The second-order valence-corrected chi connectivity index (χ2v) is 5.53. The zero-order chi connectivity index (χ0) is 19.8. The van der Waals surface area contributed by atoms with Crippen molar-refractivity contribution in [2.24, 2.45) is 0 Å². The first-order valence-electron chi connectivity index (χ1n) is 7.92. The van der Waals surface area contributed by atoms with E-state index in [0.29, 0.717) is 0 Å². The fraction of sp³-hybridized carbons (Fsp3) is 0.235. The van der Waals surface area contributed by atoms with E-state index in [4.69, 9.17) is 4.74 Å². The van der Waals surface area contributed by atoms with Crippen LogP contribution in [-0.2, 0) is 32.2 Å². The molecule has 142 valence electrons. The smallest absolute Gasteiger partial charge is 0.331 e. The van der Waals surface area contributed by atoms with Crippen LogP contribution in [0.2, 0.25) is 0 Å². The molecule has 0 spiro atoms. The number of nitrogens with one attached hydrogen (secondary N) is 2. The van der Waals surface area contributed by atoms with Crippen LogP contribution in [0, 0.1) is 0 Å². The molecular weight excluding hydrogens is 356 g/mol. The molecule has 1 aromatic heterocycles. The van der Waals surface area contributed by atoms with Gasteiger partial charge in [0.05, 0.1) is 6.54 Å². The fourth-order valence-electron chi connectivity index (χ4n) is 2.12. The van der Waals surface area contributed by atoms with Crippen LogP contribution in [0.4, 0.5) is 0 Å². The quantitative estimate of drug-likeness (QED) is 0.481. The van der Waals surface area contributed by atoms with E-state index in [1.165, 1.54) is 23.8 Å². The van der Waals surface area contributed by atoms with Gasteiger partial charge in [-0.3, -0.25) is 34.6 Å². The van der Waals surface area contributed by atoms with Crippen LogP contribution < -0.4 is 22.1 Å². The first-order chi connectivity index (χ1) is 12.9. The van der Waals surface area contributed by atoms with Crippen LogP contribution in [0.5, 0.6) is 0 Å². The highest BCUT2D eigenvalue weighted by molar-refractivity contribution is 5.83. The number of carbonyl (C=O) groups excluding carboxylic acids is 3. The number of ether oxygens (including phenoxy) is 1. The SMILES string of the molecule is CC(=O)NNC(=O)COC(=O)Cn1c(=O)ccn(Cc2ccccc2)c1=O. The van der Waals surface area contributed by atoms with Gasteiger partial charge in [-0.15, -0.1) is 0 Å². The van der Waals surface area contributed by atoms with Gasteiger partial charge < -0.3 is 4.74 Å². The molecular formula is C17H18N4O6. The molecule has 0 aliphatic rings. The lowest BCUT2D eigenvalue weighted by molar-refractivity contribution is -0.149. The normalized spacial score (nSPS) is 10.1. The van der Waals surface area contributed by atoms with E-state index in [-0.39, 0.29) is 6.54 Å². The van der Waals surface area contributed by atoms with Crippen molar-refractivity contribution in [1.82, 2.24) is 20.0 Å². The van der Waals surface area contributed by atoms with E-state index in [2.05, 4.69) is 0 Å². The van der Waals surface area contributed by atoms with Gasteiger partial charge in [0.2, 0.25) is 5.91 Å². The van der Waals surface area contributed by atoms with Crippen LogP contribution in [0.1, 0.15) is 12.5 Å². The number of benzene rings is 1. The molecule has 0 bridgehead atoms. The number of carbonyl (C=O) groups is 3. The maximum absolute atomic E-state index is 12.4. The minimum atomic E-state index is -0.940. The summed E-state index contributed by atoms with van der Waals surface area (Å²) in [7, 11) is 0. The molecule has 2 N–H and O–H groups in total. The van der Waals surface area contributed by atoms with Crippen LogP contribution in [-0.4, -0.2) is 33.5 Å². The largest absolute Gasteiger partial charge is 0.454 e. The van der Waals surface area contributed by atoms with Crippen molar-refractivity contribution in [3.8, 4) is 0 Å². The second kappa shape index (κ2) is 9.13. The zero-order valence-electron chi connectivity index (χ0n) is 14.5. The molecule has 0 aliphatic heterocycles. The first kappa shape index (κ1) is 19.6. The molecule has 0 saturated heterocycles. The Kier molecular flexibility index (Phi) is 6.64. The van der Waals surface area contributed by atoms with Crippen molar-refractivity contribution in [2.75, 3.05) is 6.61 Å². The van der Waals surface area contributed by atoms with Crippen molar-refractivity contribution >= 4 is 17.8 Å². The third-order valence-corrected chi connectivity index (χ3v) is 3.36. The van der Waals surface area contributed by atoms with Crippen LogP contribution >= 0.6 is 0 Å². The maximum Gasteiger partial charge on any atom is 0.331 e. The zero-order valence-corrected chi connectivity index (χ0v) is 14.5. The summed E-state index contributed by atoms with van der Waals surface area (Å²) in [6.07, 6.45) is 1.35. The first-order valence-corrected chi connectivity index (χ1v) is 7.92. The van der Waals surface area contributed by atoms with Gasteiger partial charge in [0.25, 0.3) is 11.5 Å². The summed E-state index contributed by atoms with van der Waals surface area (Å²) in [6, 6.07) is 10.3. The third kappa shape index (κ3) is 5.96. The van der Waals surface area contributed by atoms with Gasteiger partial charge in [-0.05, 0) is 5.56 Å². The van der Waals surface area contributed by atoms with Gasteiger partial charge in [-0.1, -0.05) is 30.3 Å². The highest BCUT2D eigenvalue weighted by Crippen LogP contribution is 1.99. The lowest BCUT2D eigenvalue weighted by Crippen LogP contribution is -2.43. The summed E-state index contributed by atoms with van der Waals surface area (Å²) in [4.78, 5) is 58.2. The highest BCUT2D eigenvalue weighted by atomic mass is 16.5. The minimum absolute atomic E-state index is 0.230. The van der Waals surface area contributed by atoms with Gasteiger partial charge in [0, 0.05) is 19.2 Å². The minimum Gasteiger partial charge on any atom is -0.454 e. The van der Waals surface area contributed by atoms with Crippen molar-refractivity contribution < 1.29 is 19.1 Å². The molecule has 0 unspecified atom stereocenters. The number of aromatic nitrogens is 2. The monoisotopic (exact) mass is 374 g/mol. The highest BCUT2D eigenvalue weighted by Gasteiger charge is 2.13. The van der Waals surface area contributed by atoms with Crippen LogP contribution in [0.3, 0.4) is 0 Å². The number of hydrogen-bond acceptors (Lipinski definition) is 6. The predicted molar refractivity (Wildman–Crippen MR) is 93.4 cm³/mol. The lowest BCUT2D eigenvalue weighted by Gasteiger charge is -2.10. The number of nitrogens with zero attached hydrogens (tertiary/aromatic N) is 2. The molecule has 0 atom stereocenters. The summed E-state index contributed by atoms with van der Waals surface area (Å²) in [5.74, 6) is -2.20. The van der Waals surface area contributed by atoms with Crippen LogP contribution in [0.15, 0.2) is 52.2 Å². The summed E-state index contributed by atoms with van der Waals surface area (Å²) < 4.78 is 6.70.